The standard InChI is InChI=1S/C14H23N3O2/c1-7-17(8-2)11-9(3)10-13(4,5)15-16-14(10,11)12(18)19-6/h10H,7-8H2,1-6H3. The summed E-state index contributed by atoms with van der Waals surface area (Å²) in [5.41, 5.74) is 0.955. The van der Waals surface area contributed by atoms with Gasteiger partial charge in [-0.05, 0) is 40.2 Å². The number of fused-ring (bicyclic) bond motifs is 1. The molecular weight excluding hydrogens is 242 g/mol. The largest absolute Gasteiger partial charge is 0.467 e. The van der Waals surface area contributed by atoms with E-state index in [0.717, 1.165) is 18.8 Å². The second-order valence-electron chi connectivity index (χ2n) is 5.75. The van der Waals surface area contributed by atoms with Crippen LogP contribution in [0, 0.1) is 5.92 Å². The van der Waals surface area contributed by atoms with Gasteiger partial charge in [0, 0.05) is 13.1 Å². The Bertz CT molecular complexity index is 463. The highest BCUT2D eigenvalue weighted by atomic mass is 16.5. The summed E-state index contributed by atoms with van der Waals surface area (Å²) in [4.78, 5) is 14.5. The van der Waals surface area contributed by atoms with Gasteiger partial charge in [-0.1, -0.05) is 0 Å². The number of hydrogen-bond acceptors (Lipinski definition) is 5. The molecule has 0 amide bonds. The molecule has 0 saturated carbocycles. The fourth-order valence-corrected chi connectivity index (χ4v) is 3.66. The van der Waals surface area contributed by atoms with E-state index < -0.39 is 5.54 Å². The number of nitrogens with zero attached hydrogens (tertiary/aromatic N) is 3. The number of carbonyl (C=O) groups excluding carboxylic acids is 1. The van der Waals surface area contributed by atoms with E-state index in [1.54, 1.807) is 0 Å². The molecule has 2 atom stereocenters. The first-order valence-electron chi connectivity index (χ1n) is 6.85. The van der Waals surface area contributed by atoms with Crippen molar-refractivity contribution in [1.29, 1.82) is 0 Å². The van der Waals surface area contributed by atoms with Gasteiger partial charge in [-0.3, -0.25) is 0 Å². The number of ether oxygens (including phenoxy) is 1. The zero-order valence-electron chi connectivity index (χ0n) is 12.6. The number of azo groups is 1. The topological polar surface area (TPSA) is 54.3 Å². The van der Waals surface area contributed by atoms with Crippen LogP contribution < -0.4 is 0 Å². The Labute approximate surface area is 114 Å². The lowest BCUT2D eigenvalue weighted by molar-refractivity contribution is -0.149. The van der Waals surface area contributed by atoms with E-state index in [0.29, 0.717) is 0 Å². The SMILES string of the molecule is CCN(CC)C1=C(C)C2C(C)(C)N=NC12C(=O)OC. The van der Waals surface area contributed by atoms with Gasteiger partial charge in [0.15, 0.2) is 0 Å². The van der Waals surface area contributed by atoms with Crippen molar-refractivity contribution >= 4 is 5.97 Å². The third-order valence-corrected chi connectivity index (χ3v) is 4.33. The van der Waals surface area contributed by atoms with Crippen LogP contribution in [0.4, 0.5) is 0 Å². The van der Waals surface area contributed by atoms with Crippen LogP contribution in [0.25, 0.3) is 0 Å². The van der Waals surface area contributed by atoms with Gasteiger partial charge in [0.1, 0.15) is 0 Å². The lowest BCUT2D eigenvalue weighted by atomic mass is 9.59. The van der Waals surface area contributed by atoms with E-state index in [2.05, 4.69) is 35.9 Å². The maximum atomic E-state index is 12.3. The van der Waals surface area contributed by atoms with Crippen LogP contribution in [0.1, 0.15) is 34.6 Å². The number of esters is 1. The van der Waals surface area contributed by atoms with Gasteiger partial charge in [0.05, 0.1) is 24.3 Å². The number of carbonyl (C=O) groups is 1. The molecular formula is C14H23N3O2. The van der Waals surface area contributed by atoms with Crippen molar-refractivity contribution in [2.45, 2.75) is 45.7 Å². The molecule has 0 N–H and O–H groups in total. The van der Waals surface area contributed by atoms with Crippen molar-refractivity contribution in [2.24, 2.45) is 16.1 Å². The van der Waals surface area contributed by atoms with E-state index >= 15 is 0 Å². The average Bonchev–Trinajstić information content (AvgIpc) is 2.62. The van der Waals surface area contributed by atoms with Crippen molar-refractivity contribution in [3.63, 3.8) is 0 Å². The Morgan fingerprint density at radius 1 is 1.32 bits per heavy atom. The van der Waals surface area contributed by atoms with Crippen molar-refractivity contribution in [2.75, 3.05) is 20.2 Å². The van der Waals surface area contributed by atoms with Crippen LogP contribution in [0.15, 0.2) is 21.5 Å². The highest BCUT2D eigenvalue weighted by Gasteiger charge is 2.68. The monoisotopic (exact) mass is 265 g/mol. The number of methoxy groups -OCH3 is 1. The molecule has 0 saturated heterocycles. The van der Waals surface area contributed by atoms with Crippen LogP contribution in [0.2, 0.25) is 0 Å². The first kappa shape index (κ1) is 14.0. The van der Waals surface area contributed by atoms with Crippen LogP contribution in [0.5, 0.6) is 0 Å². The van der Waals surface area contributed by atoms with E-state index in [4.69, 9.17) is 4.74 Å². The molecule has 2 aliphatic rings. The minimum absolute atomic E-state index is 0.0167. The summed E-state index contributed by atoms with van der Waals surface area (Å²) < 4.78 is 5.02. The Balaban J connectivity index is 2.54. The molecule has 0 bridgehead atoms. The summed E-state index contributed by atoms with van der Waals surface area (Å²) in [6, 6.07) is 0. The molecule has 106 valence electrons. The van der Waals surface area contributed by atoms with Gasteiger partial charge in [0.2, 0.25) is 5.54 Å². The lowest BCUT2D eigenvalue weighted by Crippen LogP contribution is -2.61. The number of rotatable bonds is 4. The zero-order chi connectivity index (χ0) is 14.4. The maximum Gasteiger partial charge on any atom is 0.342 e. The summed E-state index contributed by atoms with van der Waals surface area (Å²) in [6.45, 7) is 12.0. The number of hydrogen-bond donors (Lipinski definition) is 0. The van der Waals surface area contributed by atoms with Gasteiger partial charge in [0.25, 0.3) is 0 Å². The molecule has 2 rings (SSSR count). The van der Waals surface area contributed by atoms with Crippen LogP contribution in [-0.4, -0.2) is 42.1 Å². The third-order valence-electron chi connectivity index (χ3n) is 4.33. The van der Waals surface area contributed by atoms with Crippen molar-refractivity contribution in [3.05, 3.63) is 11.3 Å². The minimum atomic E-state index is -0.908. The quantitative estimate of drug-likeness (QED) is 0.733. The highest BCUT2D eigenvalue weighted by molar-refractivity contribution is 5.90. The molecule has 1 heterocycles. The van der Waals surface area contributed by atoms with Gasteiger partial charge < -0.3 is 9.64 Å². The molecule has 19 heavy (non-hydrogen) atoms. The Morgan fingerprint density at radius 2 is 1.89 bits per heavy atom. The van der Waals surface area contributed by atoms with E-state index in [1.807, 2.05) is 13.8 Å². The van der Waals surface area contributed by atoms with Crippen LogP contribution in [-0.2, 0) is 9.53 Å². The first-order valence-corrected chi connectivity index (χ1v) is 6.85. The minimum Gasteiger partial charge on any atom is -0.467 e. The molecule has 1 aliphatic heterocycles. The molecule has 0 aromatic rings. The van der Waals surface area contributed by atoms with Gasteiger partial charge >= 0.3 is 5.97 Å². The first-order chi connectivity index (χ1) is 8.86. The van der Waals surface area contributed by atoms with E-state index in [9.17, 15) is 4.79 Å². The molecule has 0 spiro atoms. The van der Waals surface area contributed by atoms with Gasteiger partial charge in [-0.15, -0.1) is 0 Å². The second kappa shape index (κ2) is 4.32. The second-order valence-corrected chi connectivity index (χ2v) is 5.75. The van der Waals surface area contributed by atoms with Crippen molar-refractivity contribution < 1.29 is 9.53 Å². The Kier molecular flexibility index (Phi) is 3.19. The molecule has 0 radical (unpaired) electrons. The third kappa shape index (κ3) is 1.56. The lowest BCUT2D eigenvalue weighted by Gasteiger charge is -2.50. The van der Waals surface area contributed by atoms with E-state index in [1.165, 1.54) is 12.7 Å². The van der Waals surface area contributed by atoms with Crippen LogP contribution in [0.3, 0.4) is 0 Å². The summed E-state index contributed by atoms with van der Waals surface area (Å²) in [6.07, 6.45) is 0. The predicted molar refractivity (Wildman–Crippen MR) is 72.8 cm³/mol. The Hall–Kier alpha value is -1.39. The zero-order valence-corrected chi connectivity index (χ0v) is 12.6. The summed E-state index contributed by atoms with van der Waals surface area (Å²) in [5, 5.41) is 8.70. The molecule has 0 fully saturated rings. The molecule has 5 heteroatoms. The molecule has 2 unspecified atom stereocenters. The molecule has 0 aromatic heterocycles. The predicted octanol–water partition coefficient (Wildman–Crippen LogP) is 2.39. The Morgan fingerprint density at radius 3 is 2.37 bits per heavy atom. The van der Waals surface area contributed by atoms with Gasteiger partial charge in [-0.25, -0.2) is 4.79 Å². The molecule has 0 aromatic carbocycles. The van der Waals surface area contributed by atoms with E-state index in [-0.39, 0.29) is 17.4 Å². The molecule has 5 nitrogen and oxygen atoms in total. The summed E-state index contributed by atoms with van der Waals surface area (Å²) in [7, 11) is 1.42. The van der Waals surface area contributed by atoms with Gasteiger partial charge in [-0.2, -0.15) is 10.2 Å². The van der Waals surface area contributed by atoms with Crippen LogP contribution >= 0.6 is 0 Å². The van der Waals surface area contributed by atoms with Crippen molar-refractivity contribution in [3.8, 4) is 0 Å². The normalized spacial score (nSPS) is 30.9. The fraction of sp³-hybridized carbons (Fsp3) is 0.786. The van der Waals surface area contributed by atoms with Crippen molar-refractivity contribution in [1.82, 2.24) is 4.90 Å². The summed E-state index contributed by atoms with van der Waals surface area (Å²) >= 11 is 0. The number of likely N-dealkylation sites (N-methyl/N-ethyl adjacent to an activating group) is 1. The smallest absolute Gasteiger partial charge is 0.342 e. The average molecular weight is 265 g/mol. The molecule has 1 aliphatic carbocycles. The fourth-order valence-electron chi connectivity index (χ4n) is 3.66. The summed E-state index contributed by atoms with van der Waals surface area (Å²) in [5.74, 6) is -0.276. The maximum absolute atomic E-state index is 12.3. The highest BCUT2D eigenvalue weighted by Crippen LogP contribution is 2.58.